The normalized spacial score (nSPS) is 14.4. The molecule has 9 heteroatoms. The topological polar surface area (TPSA) is 118 Å². The monoisotopic (exact) mass is 585 g/mol. The lowest BCUT2D eigenvalue weighted by molar-refractivity contribution is -0.139. The number of hydrogen-bond donors (Lipinski definition) is 3. The van der Waals surface area contributed by atoms with Gasteiger partial charge in [-0.3, -0.25) is 13.9 Å². The van der Waals surface area contributed by atoms with Crippen molar-refractivity contribution in [3.05, 3.63) is 106 Å². The van der Waals surface area contributed by atoms with Crippen LogP contribution in [0.3, 0.4) is 0 Å². The van der Waals surface area contributed by atoms with Gasteiger partial charge < -0.3 is 15.3 Å². The number of benzene rings is 2. The van der Waals surface area contributed by atoms with Gasteiger partial charge in [0.1, 0.15) is 5.82 Å². The highest BCUT2D eigenvalue weighted by molar-refractivity contribution is 5.84. The maximum atomic E-state index is 14.0. The van der Waals surface area contributed by atoms with Crippen molar-refractivity contribution in [3.8, 4) is 22.5 Å². The number of aliphatic hydroxyl groups is 2. The number of carboxylic acid groups (broad SMARTS) is 1. The van der Waals surface area contributed by atoms with Crippen LogP contribution in [-0.2, 0) is 24.3 Å². The first-order valence-electron chi connectivity index (χ1n) is 14.6. The molecule has 8 nitrogen and oxygen atoms in total. The number of aromatic nitrogens is 3. The second-order valence-electron chi connectivity index (χ2n) is 11.4. The third-order valence-corrected chi connectivity index (χ3v) is 7.75. The van der Waals surface area contributed by atoms with Gasteiger partial charge in [-0.15, -0.1) is 0 Å². The number of imidazole rings is 1. The van der Waals surface area contributed by atoms with E-state index in [1.807, 2.05) is 50.4 Å². The summed E-state index contributed by atoms with van der Waals surface area (Å²) in [6, 6.07) is 16.1. The van der Waals surface area contributed by atoms with Crippen LogP contribution in [0.1, 0.15) is 61.4 Å². The van der Waals surface area contributed by atoms with Crippen molar-refractivity contribution < 1.29 is 24.5 Å². The van der Waals surface area contributed by atoms with E-state index in [1.165, 1.54) is 18.2 Å². The van der Waals surface area contributed by atoms with Crippen molar-refractivity contribution in [3.63, 3.8) is 0 Å². The van der Waals surface area contributed by atoms with E-state index in [4.69, 9.17) is 10.1 Å². The first-order chi connectivity index (χ1) is 20.6. The van der Waals surface area contributed by atoms with Crippen LogP contribution >= 0.6 is 0 Å². The first-order valence-corrected chi connectivity index (χ1v) is 14.6. The molecule has 0 saturated carbocycles. The van der Waals surface area contributed by atoms with E-state index >= 15 is 0 Å². The average molecular weight is 586 g/mol. The minimum absolute atomic E-state index is 0.0475. The Morgan fingerprint density at radius 2 is 1.81 bits per heavy atom. The van der Waals surface area contributed by atoms with Gasteiger partial charge in [0.15, 0.2) is 0 Å². The molecule has 4 aromatic rings. The lowest BCUT2D eigenvalue weighted by Gasteiger charge is -2.21. The fourth-order valence-electron chi connectivity index (χ4n) is 5.76. The number of carboxylic acids is 1. The van der Waals surface area contributed by atoms with Gasteiger partial charge in [0.05, 0.1) is 42.3 Å². The maximum Gasteiger partial charge on any atom is 0.328 e. The lowest BCUT2D eigenvalue weighted by Crippen LogP contribution is -2.24. The molecule has 2 aromatic carbocycles. The van der Waals surface area contributed by atoms with E-state index in [2.05, 4.69) is 0 Å². The molecule has 0 aliphatic carbocycles. The summed E-state index contributed by atoms with van der Waals surface area (Å²) in [5.41, 5.74) is 6.40. The third kappa shape index (κ3) is 6.68. The van der Waals surface area contributed by atoms with Crippen molar-refractivity contribution in [2.75, 3.05) is 0 Å². The Hall–Kier alpha value is -4.34. The van der Waals surface area contributed by atoms with E-state index in [0.717, 1.165) is 39.2 Å². The molecule has 43 heavy (non-hydrogen) atoms. The van der Waals surface area contributed by atoms with Gasteiger partial charge >= 0.3 is 11.7 Å². The summed E-state index contributed by atoms with van der Waals surface area (Å²) in [4.78, 5) is 29.7. The molecular formula is C34H36FN3O5. The molecule has 0 radical (unpaired) electrons. The summed E-state index contributed by atoms with van der Waals surface area (Å²) in [5.74, 6) is -1.55. The smallest absolute Gasteiger partial charge is 0.328 e. The molecule has 5 rings (SSSR count). The van der Waals surface area contributed by atoms with Crippen LogP contribution in [0.4, 0.5) is 4.39 Å². The zero-order valence-corrected chi connectivity index (χ0v) is 24.3. The Labute approximate surface area is 249 Å². The van der Waals surface area contributed by atoms with Crippen LogP contribution in [0, 0.1) is 5.82 Å². The van der Waals surface area contributed by atoms with E-state index in [9.17, 15) is 24.2 Å². The molecule has 2 aromatic heterocycles. The second kappa shape index (κ2) is 12.9. The quantitative estimate of drug-likeness (QED) is 0.235. The maximum absolute atomic E-state index is 14.0. The third-order valence-electron chi connectivity index (χ3n) is 7.75. The molecule has 3 N–H and O–H groups in total. The molecule has 1 aliphatic heterocycles. The van der Waals surface area contributed by atoms with E-state index < -0.39 is 24.6 Å². The van der Waals surface area contributed by atoms with Crippen LogP contribution in [0.2, 0.25) is 0 Å². The Morgan fingerprint density at radius 1 is 1.09 bits per heavy atom. The number of pyridine rings is 1. The molecule has 0 fully saturated rings. The van der Waals surface area contributed by atoms with Crippen LogP contribution in [0.15, 0.2) is 71.7 Å². The second-order valence-corrected chi connectivity index (χ2v) is 11.4. The fraction of sp³-hybridized carbons (Fsp3) is 0.324. The number of fused-ring (bicyclic) bond motifs is 3. The summed E-state index contributed by atoms with van der Waals surface area (Å²) < 4.78 is 17.5. The zero-order chi connectivity index (χ0) is 30.7. The highest BCUT2D eigenvalue weighted by Crippen LogP contribution is 2.40. The van der Waals surface area contributed by atoms with E-state index in [-0.39, 0.29) is 23.8 Å². The summed E-state index contributed by atoms with van der Waals surface area (Å²) in [7, 11) is 0. The van der Waals surface area contributed by atoms with Crippen molar-refractivity contribution in [2.45, 2.75) is 70.7 Å². The van der Waals surface area contributed by atoms with Crippen molar-refractivity contribution in [1.29, 1.82) is 0 Å². The van der Waals surface area contributed by atoms with Crippen molar-refractivity contribution in [1.82, 2.24) is 14.1 Å². The van der Waals surface area contributed by atoms with Gasteiger partial charge in [0.2, 0.25) is 0 Å². The fourth-order valence-corrected chi connectivity index (χ4v) is 5.76. The largest absolute Gasteiger partial charge is 0.481 e. The molecule has 3 heterocycles. The Morgan fingerprint density at radius 3 is 2.49 bits per heavy atom. The van der Waals surface area contributed by atoms with Gasteiger partial charge in [-0.25, -0.2) is 14.2 Å². The SMILES string of the molecule is CC(C)c1nc2c(c(-c3ccc(F)cc3)c1C=C[C@@H](O)C[C@@H](O)CC(=O)O)CCCn1c-2cn(Cc2ccccc2)c1=O. The number of carbonyl (C=O) groups is 1. The summed E-state index contributed by atoms with van der Waals surface area (Å²) in [5, 5.41) is 29.6. The first kappa shape index (κ1) is 30.1. The molecule has 0 unspecified atom stereocenters. The molecule has 0 bridgehead atoms. The highest BCUT2D eigenvalue weighted by Gasteiger charge is 2.27. The van der Waals surface area contributed by atoms with Gasteiger partial charge in [-0.2, -0.15) is 0 Å². The number of aliphatic carboxylic acids is 1. The molecule has 0 saturated heterocycles. The van der Waals surface area contributed by atoms with E-state index in [0.29, 0.717) is 31.6 Å². The number of halogens is 1. The van der Waals surface area contributed by atoms with Crippen LogP contribution in [0.5, 0.6) is 0 Å². The molecule has 0 amide bonds. The zero-order valence-electron chi connectivity index (χ0n) is 24.3. The molecule has 1 aliphatic rings. The standard InChI is InChI=1S/C34H36FN3O5/c1-21(2)32-28(15-14-25(39)17-26(40)18-30(41)42)31(23-10-12-24(35)13-11-23)27-9-6-16-38-29(33(27)36-32)20-37(34(38)43)19-22-7-4-3-5-8-22/h3-5,7-8,10-15,20-21,25-26,39-40H,6,9,16-19H2,1-2H3,(H,41,42)/t25-,26-/m1/s1. The average Bonchev–Trinajstić information content (AvgIpc) is 3.14. The van der Waals surface area contributed by atoms with Crippen LogP contribution < -0.4 is 5.69 Å². The van der Waals surface area contributed by atoms with Gasteiger partial charge in [-0.1, -0.05) is 68.5 Å². The Bertz CT molecular complexity index is 1690. The molecule has 2 atom stereocenters. The minimum Gasteiger partial charge on any atom is -0.481 e. The molecule has 224 valence electrons. The van der Waals surface area contributed by atoms with Crippen molar-refractivity contribution >= 4 is 12.0 Å². The number of rotatable bonds is 10. The number of aliphatic hydroxyl groups excluding tert-OH is 2. The van der Waals surface area contributed by atoms with Crippen LogP contribution in [-0.4, -0.2) is 47.6 Å². The summed E-state index contributed by atoms with van der Waals surface area (Å²) >= 11 is 0. The van der Waals surface area contributed by atoms with Gasteiger partial charge in [0, 0.05) is 24.7 Å². The van der Waals surface area contributed by atoms with E-state index in [1.54, 1.807) is 27.3 Å². The van der Waals surface area contributed by atoms with Crippen molar-refractivity contribution in [2.24, 2.45) is 0 Å². The summed E-state index contributed by atoms with van der Waals surface area (Å²) in [6.45, 7) is 4.98. The predicted molar refractivity (Wildman–Crippen MR) is 163 cm³/mol. The van der Waals surface area contributed by atoms with Crippen LogP contribution in [0.25, 0.3) is 28.6 Å². The Balaban J connectivity index is 1.67. The Kier molecular flexibility index (Phi) is 9.03. The number of nitrogens with zero attached hydrogens (tertiary/aromatic N) is 3. The molecular weight excluding hydrogens is 549 g/mol. The minimum atomic E-state index is -1.19. The van der Waals surface area contributed by atoms with Gasteiger partial charge in [-0.05, 0) is 53.1 Å². The summed E-state index contributed by atoms with van der Waals surface area (Å²) in [6.07, 6.45) is 3.61. The van der Waals surface area contributed by atoms with Gasteiger partial charge in [0.25, 0.3) is 0 Å². The molecule has 0 spiro atoms. The number of hydrogen-bond acceptors (Lipinski definition) is 5. The lowest BCUT2D eigenvalue weighted by atomic mass is 9.87. The predicted octanol–water partition coefficient (Wildman–Crippen LogP) is 5.24. The highest BCUT2D eigenvalue weighted by atomic mass is 19.1.